The number of ketones is 1. The number of carbonyl (C=O) groups is 1. The molecule has 0 heterocycles. The third kappa shape index (κ3) is 9.16. The highest BCUT2D eigenvalue weighted by atomic mass is 19.4. The van der Waals surface area contributed by atoms with E-state index in [4.69, 9.17) is 0 Å². The molecule has 70 valence electrons. The van der Waals surface area contributed by atoms with Crippen molar-refractivity contribution < 1.29 is 18.0 Å². The van der Waals surface area contributed by atoms with E-state index >= 15 is 0 Å². The molecule has 2 nitrogen and oxygen atoms in total. The van der Waals surface area contributed by atoms with Gasteiger partial charge in [0.15, 0.2) is 5.78 Å². The molecule has 0 aliphatic heterocycles. The zero-order chi connectivity index (χ0) is 9.61. The Morgan fingerprint density at radius 2 is 2.08 bits per heavy atom. The Balaban J connectivity index is 3.40. The van der Waals surface area contributed by atoms with Crippen LogP contribution in [0.4, 0.5) is 13.2 Å². The van der Waals surface area contributed by atoms with E-state index in [1.807, 2.05) is 0 Å². The van der Waals surface area contributed by atoms with Crippen LogP contribution in [0.2, 0.25) is 0 Å². The molecule has 0 atom stereocenters. The summed E-state index contributed by atoms with van der Waals surface area (Å²) in [5.74, 6) is -0.177. The van der Waals surface area contributed by atoms with Gasteiger partial charge in [0.1, 0.15) is 0 Å². The molecule has 0 unspecified atom stereocenters. The van der Waals surface area contributed by atoms with E-state index in [0.717, 1.165) is 0 Å². The summed E-state index contributed by atoms with van der Waals surface area (Å²) in [6.45, 7) is 0.356. The van der Waals surface area contributed by atoms with E-state index in [-0.39, 0.29) is 12.3 Å². The van der Waals surface area contributed by atoms with Crippen LogP contribution < -0.4 is 5.32 Å². The van der Waals surface area contributed by atoms with Gasteiger partial charge in [-0.25, -0.2) is 0 Å². The van der Waals surface area contributed by atoms with Crippen LogP contribution in [-0.4, -0.2) is 25.0 Å². The third-order valence-electron chi connectivity index (χ3n) is 0.940. The molecule has 0 fully saturated rings. The van der Waals surface area contributed by atoms with Crippen molar-refractivity contribution in [1.29, 1.82) is 0 Å². The molecule has 0 aromatic heterocycles. The molecule has 1 N–H and O–H groups in total. The molecule has 5 heteroatoms. The second kappa shape index (κ2) is 4.92. The molecule has 0 aliphatic rings. The molecule has 0 aromatic rings. The van der Waals surface area contributed by atoms with Gasteiger partial charge in [-0.15, -0.1) is 0 Å². The lowest BCUT2D eigenvalue weighted by molar-refractivity contribution is -0.124. The largest absolute Gasteiger partial charge is 0.401 e. The standard InChI is InChI=1S/C7H10F3NO/c1-6(12)3-2-4-11-5-7(8,9)10/h2-3,11H,4-5H2,1H3/b3-2+. The molecule has 0 saturated carbocycles. The van der Waals surface area contributed by atoms with Gasteiger partial charge in [0.2, 0.25) is 0 Å². The van der Waals surface area contributed by atoms with Crippen molar-refractivity contribution in [3.05, 3.63) is 12.2 Å². The van der Waals surface area contributed by atoms with Crippen molar-refractivity contribution in [2.24, 2.45) is 0 Å². The first-order chi connectivity index (χ1) is 5.42. The number of hydrogen-bond acceptors (Lipinski definition) is 2. The number of alkyl halides is 3. The predicted octanol–water partition coefficient (Wildman–Crippen LogP) is 1.28. The van der Waals surface area contributed by atoms with E-state index in [1.54, 1.807) is 0 Å². The summed E-state index contributed by atoms with van der Waals surface area (Å²) in [7, 11) is 0. The minimum atomic E-state index is -4.19. The van der Waals surface area contributed by atoms with Gasteiger partial charge < -0.3 is 5.32 Å². The van der Waals surface area contributed by atoms with Crippen molar-refractivity contribution in [2.45, 2.75) is 13.1 Å². The van der Waals surface area contributed by atoms with Crippen molar-refractivity contribution in [1.82, 2.24) is 5.32 Å². The lowest BCUT2D eigenvalue weighted by atomic mass is 10.4. The molecule has 0 aliphatic carbocycles. The molecule has 0 rings (SSSR count). The third-order valence-corrected chi connectivity index (χ3v) is 0.940. The molecule has 0 spiro atoms. The average Bonchev–Trinajstić information content (AvgIpc) is 1.83. The molecular formula is C7H10F3NO. The van der Waals surface area contributed by atoms with E-state index < -0.39 is 12.7 Å². The maximum atomic E-state index is 11.5. The molecule has 0 bridgehead atoms. The van der Waals surface area contributed by atoms with Gasteiger partial charge >= 0.3 is 6.18 Å². The maximum Gasteiger partial charge on any atom is 0.401 e. The van der Waals surface area contributed by atoms with Crippen LogP contribution in [0.25, 0.3) is 0 Å². The summed E-state index contributed by atoms with van der Waals surface area (Å²) in [5.41, 5.74) is 0. The fourth-order valence-electron chi connectivity index (χ4n) is 0.522. The number of halogens is 3. The number of hydrogen-bond donors (Lipinski definition) is 1. The molecular weight excluding hydrogens is 171 g/mol. The van der Waals surface area contributed by atoms with Crippen molar-refractivity contribution >= 4 is 5.78 Å². The smallest absolute Gasteiger partial charge is 0.305 e. The zero-order valence-electron chi connectivity index (χ0n) is 6.61. The Bertz CT molecular complexity index is 174. The maximum absolute atomic E-state index is 11.5. The molecule has 0 saturated heterocycles. The average molecular weight is 181 g/mol. The molecule has 0 aromatic carbocycles. The van der Waals surface area contributed by atoms with Crippen LogP contribution in [0.5, 0.6) is 0 Å². The normalized spacial score (nSPS) is 12.3. The molecule has 0 radical (unpaired) electrons. The SMILES string of the molecule is CC(=O)/C=C/CNCC(F)(F)F. The highest BCUT2D eigenvalue weighted by Crippen LogP contribution is 2.11. The quantitative estimate of drug-likeness (QED) is 0.523. The zero-order valence-corrected chi connectivity index (χ0v) is 6.61. The van der Waals surface area contributed by atoms with Gasteiger partial charge in [0, 0.05) is 6.54 Å². The summed E-state index contributed by atoms with van der Waals surface area (Å²) in [4.78, 5) is 10.3. The second-order valence-corrected chi connectivity index (χ2v) is 2.26. The van der Waals surface area contributed by atoms with Gasteiger partial charge in [-0.05, 0) is 13.0 Å². The van der Waals surface area contributed by atoms with Gasteiger partial charge in [0.05, 0.1) is 6.54 Å². The Kier molecular flexibility index (Phi) is 4.58. The summed E-state index contributed by atoms with van der Waals surface area (Å²) < 4.78 is 34.5. The van der Waals surface area contributed by atoms with E-state index in [9.17, 15) is 18.0 Å². The minimum Gasteiger partial charge on any atom is -0.305 e. The first-order valence-corrected chi connectivity index (χ1v) is 3.36. The van der Waals surface area contributed by atoms with Gasteiger partial charge in [0.25, 0.3) is 0 Å². The van der Waals surface area contributed by atoms with Gasteiger partial charge in [-0.2, -0.15) is 13.2 Å². The molecule has 0 amide bonds. The summed E-state index contributed by atoms with van der Waals surface area (Å²) in [5, 5.41) is 2.12. The Morgan fingerprint density at radius 1 is 1.50 bits per heavy atom. The summed E-state index contributed by atoms with van der Waals surface area (Å²) in [6, 6.07) is 0. The van der Waals surface area contributed by atoms with Crippen molar-refractivity contribution in [2.75, 3.05) is 13.1 Å². The lowest BCUT2D eigenvalue weighted by Crippen LogP contribution is -2.28. The van der Waals surface area contributed by atoms with Crippen LogP contribution in [-0.2, 0) is 4.79 Å². The monoisotopic (exact) mass is 181 g/mol. The Morgan fingerprint density at radius 3 is 2.50 bits per heavy atom. The van der Waals surface area contributed by atoms with Crippen LogP contribution in [0.15, 0.2) is 12.2 Å². The van der Waals surface area contributed by atoms with E-state index in [0.29, 0.717) is 0 Å². The highest BCUT2D eigenvalue weighted by molar-refractivity contribution is 5.87. The minimum absolute atomic E-state index is 0.0547. The highest BCUT2D eigenvalue weighted by Gasteiger charge is 2.25. The predicted molar refractivity (Wildman–Crippen MR) is 38.7 cm³/mol. The van der Waals surface area contributed by atoms with Crippen LogP contribution in [0, 0.1) is 0 Å². The van der Waals surface area contributed by atoms with Gasteiger partial charge in [-0.1, -0.05) is 6.08 Å². The number of allylic oxidation sites excluding steroid dienone is 1. The number of rotatable bonds is 4. The van der Waals surface area contributed by atoms with Crippen molar-refractivity contribution in [3.8, 4) is 0 Å². The Labute approximate surface area is 68.4 Å². The summed E-state index contributed by atoms with van der Waals surface area (Å²) >= 11 is 0. The lowest BCUT2D eigenvalue weighted by Gasteiger charge is -2.04. The van der Waals surface area contributed by atoms with Gasteiger partial charge in [-0.3, -0.25) is 4.79 Å². The number of carbonyl (C=O) groups excluding carboxylic acids is 1. The van der Waals surface area contributed by atoms with Crippen LogP contribution in [0.1, 0.15) is 6.92 Å². The summed E-state index contributed by atoms with van der Waals surface area (Å²) in [6.07, 6.45) is -1.61. The Hall–Kier alpha value is -0.840. The topological polar surface area (TPSA) is 29.1 Å². The fraction of sp³-hybridized carbons (Fsp3) is 0.571. The second-order valence-electron chi connectivity index (χ2n) is 2.26. The van der Waals surface area contributed by atoms with Crippen LogP contribution in [0.3, 0.4) is 0 Å². The van der Waals surface area contributed by atoms with E-state index in [1.165, 1.54) is 19.1 Å². The van der Waals surface area contributed by atoms with E-state index in [2.05, 4.69) is 5.32 Å². The molecule has 12 heavy (non-hydrogen) atoms. The first kappa shape index (κ1) is 11.2. The van der Waals surface area contributed by atoms with Crippen LogP contribution >= 0.6 is 0 Å². The number of nitrogens with one attached hydrogen (secondary N) is 1. The fourth-order valence-corrected chi connectivity index (χ4v) is 0.522. The van der Waals surface area contributed by atoms with Crippen molar-refractivity contribution in [3.63, 3.8) is 0 Å². The first-order valence-electron chi connectivity index (χ1n) is 3.36.